The molecule has 0 atom stereocenters. The fourth-order valence-electron chi connectivity index (χ4n) is 8.36. The van der Waals surface area contributed by atoms with Crippen LogP contribution < -0.4 is 4.90 Å². The lowest BCUT2D eigenvalue weighted by atomic mass is 9.82. The van der Waals surface area contributed by atoms with Gasteiger partial charge in [0.25, 0.3) is 0 Å². The van der Waals surface area contributed by atoms with E-state index in [1.54, 1.807) is 0 Å². The Balaban J connectivity index is 1.12. The summed E-state index contributed by atoms with van der Waals surface area (Å²) < 4.78 is 2.42. The van der Waals surface area contributed by atoms with Crippen molar-refractivity contribution in [1.82, 2.24) is 4.57 Å². The van der Waals surface area contributed by atoms with Crippen molar-refractivity contribution >= 4 is 49.6 Å². The van der Waals surface area contributed by atoms with E-state index in [2.05, 4.69) is 193 Å². The minimum atomic E-state index is -0.0819. The Morgan fingerprint density at radius 1 is 0.429 bits per heavy atom. The fourth-order valence-corrected chi connectivity index (χ4v) is 8.36. The summed E-state index contributed by atoms with van der Waals surface area (Å²) in [6, 6.07) is 62.3. The molecule has 8 aromatic carbocycles. The second kappa shape index (κ2) is 10.4. The number of benzene rings is 8. The maximum absolute atomic E-state index is 2.42. The summed E-state index contributed by atoms with van der Waals surface area (Å²) >= 11 is 0. The summed E-state index contributed by atoms with van der Waals surface area (Å²) in [4.78, 5) is 2.40. The molecule has 1 aliphatic rings. The van der Waals surface area contributed by atoms with Crippen LogP contribution in [-0.4, -0.2) is 4.57 Å². The predicted molar refractivity (Wildman–Crippen MR) is 207 cm³/mol. The minimum Gasteiger partial charge on any atom is -0.310 e. The molecule has 49 heavy (non-hydrogen) atoms. The fraction of sp³-hybridized carbons (Fsp3) is 0.0638. The molecule has 0 N–H and O–H groups in total. The maximum atomic E-state index is 2.42. The molecule has 0 aliphatic heterocycles. The molecule has 10 rings (SSSR count). The third-order valence-corrected chi connectivity index (χ3v) is 10.7. The average molecular weight is 627 g/mol. The highest BCUT2D eigenvalue weighted by atomic mass is 15.1. The van der Waals surface area contributed by atoms with Gasteiger partial charge >= 0.3 is 0 Å². The van der Waals surface area contributed by atoms with Crippen LogP contribution in [0.1, 0.15) is 25.0 Å². The van der Waals surface area contributed by atoms with Crippen LogP contribution in [0.4, 0.5) is 17.1 Å². The van der Waals surface area contributed by atoms with E-state index in [9.17, 15) is 0 Å². The second-order valence-electron chi connectivity index (χ2n) is 13.8. The number of hydrogen-bond acceptors (Lipinski definition) is 1. The molecule has 0 amide bonds. The molecule has 232 valence electrons. The number of anilines is 3. The zero-order chi connectivity index (χ0) is 32.7. The van der Waals surface area contributed by atoms with E-state index in [0.717, 1.165) is 22.7 Å². The van der Waals surface area contributed by atoms with Gasteiger partial charge in [-0.3, -0.25) is 0 Å². The zero-order valence-electron chi connectivity index (χ0n) is 27.6. The summed E-state index contributed by atoms with van der Waals surface area (Å²) in [6.45, 7) is 4.70. The summed E-state index contributed by atoms with van der Waals surface area (Å²) in [5.41, 5.74) is 14.8. The molecule has 0 bridgehead atoms. The molecule has 9 aromatic rings. The lowest BCUT2D eigenvalue weighted by molar-refractivity contribution is 0.660. The summed E-state index contributed by atoms with van der Waals surface area (Å²) in [7, 11) is 0. The van der Waals surface area contributed by atoms with Crippen molar-refractivity contribution in [3.05, 3.63) is 181 Å². The van der Waals surface area contributed by atoms with Crippen molar-refractivity contribution in [1.29, 1.82) is 0 Å². The Kier molecular flexibility index (Phi) is 5.95. The van der Waals surface area contributed by atoms with Crippen molar-refractivity contribution in [3.8, 4) is 27.9 Å². The third kappa shape index (κ3) is 4.14. The molecule has 0 radical (unpaired) electrons. The summed E-state index contributed by atoms with van der Waals surface area (Å²) in [6.07, 6.45) is 0. The number of aromatic nitrogens is 1. The molecule has 2 heteroatoms. The van der Waals surface area contributed by atoms with Crippen LogP contribution in [0.2, 0.25) is 0 Å². The zero-order valence-corrected chi connectivity index (χ0v) is 27.6. The van der Waals surface area contributed by atoms with Gasteiger partial charge < -0.3 is 9.47 Å². The second-order valence-corrected chi connectivity index (χ2v) is 13.8. The van der Waals surface area contributed by atoms with Crippen molar-refractivity contribution in [2.24, 2.45) is 0 Å². The Bertz CT molecular complexity index is 2590. The Labute approximate surface area is 286 Å². The highest BCUT2D eigenvalue weighted by Gasteiger charge is 2.35. The van der Waals surface area contributed by atoms with Crippen LogP contribution in [0, 0.1) is 0 Å². The first-order valence-electron chi connectivity index (χ1n) is 17.1. The van der Waals surface area contributed by atoms with Gasteiger partial charge in [-0.1, -0.05) is 123 Å². The Morgan fingerprint density at radius 2 is 0.980 bits per heavy atom. The highest BCUT2D eigenvalue weighted by Crippen LogP contribution is 2.50. The van der Waals surface area contributed by atoms with Crippen LogP contribution in [-0.2, 0) is 5.41 Å². The maximum Gasteiger partial charge on any atom is 0.0547 e. The van der Waals surface area contributed by atoms with Crippen LogP contribution in [0.5, 0.6) is 0 Å². The van der Waals surface area contributed by atoms with Crippen LogP contribution in [0.15, 0.2) is 170 Å². The standard InChI is InChI=1S/C47H34N2/c1-47(2)41-15-7-6-14-39(41)40-29-28-38(30-42(40)47)48(35-22-20-32(21-23-35)31-10-4-3-5-11-31)36-24-26-37(27-25-36)49-43-16-8-12-33-18-19-34-13-9-17-44(49)46(34)45(33)43/h3-30H,1-2H3. The normalized spacial score (nSPS) is 13.3. The number of fused-ring (bicyclic) bond motifs is 3. The van der Waals surface area contributed by atoms with Gasteiger partial charge in [0.2, 0.25) is 0 Å². The topological polar surface area (TPSA) is 8.17 Å². The largest absolute Gasteiger partial charge is 0.310 e. The summed E-state index contributed by atoms with van der Waals surface area (Å²) in [5.74, 6) is 0. The molecule has 1 aliphatic carbocycles. The highest BCUT2D eigenvalue weighted by molar-refractivity contribution is 6.24. The SMILES string of the molecule is CC1(C)c2ccccc2-c2ccc(N(c3ccc(-c4ccccc4)cc3)c3ccc(-n4c5cccc6ccc7cccc4c7c65)cc3)cc21. The van der Waals surface area contributed by atoms with Gasteiger partial charge in [-0.05, 0) is 105 Å². The first-order chi connectivity index (χ1) is 24.1. The van der Waals surface area contributed by atoms with E-state index in [1.165, 1.54) is 66.0 Å². The van der Waals surface area contributed by atoms with E-state index in [-0.39, 0.29) is 5.41 Å². The minimum absolute atomic E-state index is 0.0819. The molecule has 0 spiro atoms. The Hall–Kier alpha value is -6.12. The van der Waals surface area contributed by atoms with Crippen molar-refractivity contribution in [2.45, 2.75) is 19.3 Å². The number of rotatable bonds is 5. The predicted octanol–water partition coefficient (Wildman–Crippen LogP) is 12.8. The van der Waals surface area contributed by atoms with Gasteiger partial charge in [0, 0.05) is 38.9 Å². The lowest BCUT2D eigenvalue weighted by Crippen LogP contribution is -2.16. The van der Waals surface area contributed by atoms with Gasteiger partial charge in [-0.2, -0.15) is 0 Å². The number of nitrogens with zero attached hydrogens (tertiary/aromatic N) is 2. The third-order valence-electron chi connectivity index (χ3n) is 10.7. The van der Waals surface area contributed by atoms with E-state index < -0.39 is 0 Å². The smallest absolute Gasteiger partial charge is 0.0547 e. The molecule has 2 nitrogen and oxygen atoms in total. The van der Waals surface area contributed by atoms with Gasteiger partial charge in [-0.15, -0.1) is 0 Å². The van der Waals surface area contributed by atoms with Gasteiger partial charge in [-0.25, -0.2) is 0 Å². The average Bonchev–Trinajstić information content (AvgIpc) is 3.61. The van der Waals surface area contributed by atoms with Crippen molar-refractivity contribution in [3.63, 3.8) is 0 Å². The van der Waals surface area contributed by atoms with Gasteiger partial charge in [0.15, 0.2) is 0 Å². The van der Waals surface area contributed by atoms with Gasteiger partial charge in [0.05, 0.1) is 11.0 Å². The van der Waals surface area contributed by atoms with Crippen LogP contribution in [0.3, 0.4) is 0 Å². The van der Waals surface area contributed by atoms with Crippen molar-refractivity contribution in [2.75, 3.05) is 4.90 Å². The molecule has 0 saturated heterocycles. The van der Waals surface area contributed by atoms with Crippen molar-refractivity contribution < 1.29 is 0 Å². The molecule has 1 heterocycles. The quantitative estimate of drug-likeness (QED) is 0.173. The molecule has 0 fully saturated rings. The monoisotopic (exact) mass is 626 g/mol. The Morgan fingerprint density at radius 3 is 1.65 bits per heavy atom. The summed E-state index contributed by atoms with van der Waals surface area (Å²) in [5, 5.41) is 5.23. The van der Waals surface area contributed by atoms with Crippen LogP contribution >= 0.6 is 0 Å². The molecule has 0 unspecified atom stereocenters. The first-order valence-corrected chi connectivity index (χ1v) is 17.1. The lowest BCUT2D eigenvalue weighted by Gasteiger charge is -2.28. The first kappa shape index (κ1) is 27.9. The van der Waals surface area contributed by atoms with E-state index in [1.807, 2.05) is 0 Å². The van der Waals surface area contributed by atoms with E-state index in [0.29, 0.717) is 0 Å². The molecular formula is C47H34N2. The van der Waals surface area contributed by atoms with E-state index >= 15 is 0 Å². The van der Waals surface area contributed by atoms with Crippen LogP contribution in [0.25, 0.3) is 60.5 Å². The van der Waals surface area contributed by atoms with E-state index in [4.69, 9.17) is 0 Å². The molecule has 1 aromatic heterocycles. The van der Waals surface area contributed by atoms with Gasteiger partial charge in [0.1, 0.15) is 0 Å². The molecular weight excluding hydrogens is 593 g/mol. The number of hydrogen-bond donors (Lipinski definition) is 0. The molecule has 0 saturated carbocycles.